The Balaban J connectivity index is 1.75. The predicted octanol–water partition coefficient (Wildman–Crippen LogP) is 3.74. The van der Waals surface area contributed by atoms with Crippen LogP contribution in [0.3, 0.4) is 0 Å². The molecule has 2 aromatic rings. The molecule has 5 heteroatoms. The second-order valence-corrected chi connectivity index (χ2v) is 6.19. The van der Waals surface area contributed by atoms with Crippen LogP contribution in [0.1, 0.15) is 30.3 Å². The number of aryl methyl sites for hydroxylation is 1. The molecule has 3 rings (SSSR count). The summed E-state index contributed by atoms with van der Waals surface area (Å²) >= 11 is 5.94. The Morgan fingerprint density at radius 1 is 1.35 bits per heavy atom. The maximum Gasteiger partial charge on any atom is 0.268 e. The van der Waals surface area contributed by atoms with Crippen molar-refractivity contribution in [3.05, 3.63) is 47.2 Å². The standard InChI is InChI=1S/C18H21ClN2O2/c1-2-21-12-14(13-5-7-15(19)8-6-13)10-17(21)18(22)20-11-16-4-3-9-23-16/h5-8,10,12,16H,2-4,9,11H2,1H3,(H,20,22). The van der Waals surface area contributed by atoms with Crippen molar-refractivity contribution in [3.8, 4) is 11.1 Å². The highest BCUT2D eigenvalue weighted by Gasteiger charge is 2.18. The monoisotopic (exact) mass is 332 g/mol. The van der Waals surface area contributed by atoms with E-state index in [0.717, 1.165) is 37.1 Å². The normalized spacial score (nSPS) is 17.4. The van der Waals surface area contributed by atoms with E-state index in [4.69, 9.17) is 16.3 Å². The number of halogens is 1. The third-order valence-corrected chi connectivity index (χ3v) is 4.41. The zero-order valence-corrected chi connectivity index (χ0v) is 14.0. The highest BCUT2D eigenvalue weighted by Crippen LogP contribution is 2.24. The Kier molecular flexibility index (Phi) is 5.03. The van der Waals surface area contributed by atoms with Crippen molar-refractivity contribution in [3.63, 3.8) is 0 Å². The van der Waals surface area contributed by atoms with Crippen LogP contribution in [0, 0.1) is 0 Å². The minimum Gasteiger partial charge on any atom is -0.376 e. The van der Waals surface area contributed by atoms with Crippen LogP contribution in [0.4, 0.5) is 0 Å². The molecule has 1 fully saturated rings. The smallest absolute Gasteiger partial charge is 0.268 e. The Bertz CT molecular complexity index is 673. The first-order valence-corrected chi connectivity index (χ1v) is 8.41. The van der Waals surface area contributed by atoms with Gasteiger partial charge in [0.05, 0.1) is 6.10 Å². The van der Waals surface area contributed by atoms with Gasteiger partial charge in [0.1, 0.15) is 5.69 Å². The lowest BCUT2D eigenvalue weighted by molar-refractivity contribution is 0.0850. The Labute approximate surface area is 141 Å². The molecule has 1 aromatic carbocycles. The van der Waals surface area contributed by atoms with E-state index in [2.05, 4.69) is 5.32 Å². The third-order valence-electron chi connectivity index (χ3n) is 4.16. The molecule has 1 aliphatic rings. The van der Waals surface area contributed by atoms with Gasteiger partial charge in [-0.15, -0.1) is 0 Å². The van der Waals surface area contributed by atoms with E-state index in [-0.39, 0.29) is 12.0 Å². The van der Waals surface area contributed by atoms with Gasteiger partial charge in [-0.1, -0.05) is 23.7 Å². The molecule has 1 N–H and O–H groups in total. The average Bonchev–Trinajstić information content (AvgIpc) is 3.22. The molecule has 1 aliphatic heterocycles. The molecule has 122 valence electrons. The summed E-state index contributed by atoms with van der Waals surface area (Å²) in [5, 5.41) is 3.69. The number of carbonyl (C=O) groups excluding carboxylic acids is 1. The fourth-order valence-corrected chi connectivity index (χ4v) is 2.99. The number of rotatable bonds is 5. The lowest BCUT2D eigenvalue weighted by Gasteiger charge is -2.11. The van der Waals surface area contributed by atoms with Crippen molar-refractivity contribution < 1.29 is 9.53 Å². The van der Waals surface area contributed by atoms with Gasteiger partial charge in [0.25, 0.3) is 5.91 Å². The van der Waals surface area contributed by atoms with Crippen LogP contribution in [0.2, 0.25) is 5.02 Å². The summed E-state index contributed by atoms with van der Waals surface area (Å²) in [6.45, 7) is 4.15. The van der Waals surface area contributed by atoms with Crippen molar-refractivity contribution in [2.45, 2.75) is 32.4 Å². The zero-order chi connectivity index (χ0) is 16.2. The quantitative estimate of drug-likeness (QED) is 0.906. The van der Waals surface area contributed by atoms with Gasteiger partial charge in [-0.2, -0.15) is 0 Å². The second-order valence-electron chi connectivity index (χ2n) is 5.75. The minimum absolute atomic E-state index is 0.0532. The second kappa shape index (κ2) is 7.20. The van der Waals surface area contributed by atoms with Crippen molar-refractivity contribution in [2.75, 3.05) is 13.2 Å². The molecular weight excluding hydrogens is 312 g/mol. The lowest BCUT2D eigenvalue weighted by atomic mass is 10.1. The van der Waals surface area contributed by atoms with Crippen molar-refractivity contribution in [1.29, 1.82) is 0 Å². The summed E-state index contributed by atoms with van der Waals surface area (Å²) in [5.74, 6) is -0.0532. The summed E-state index contributed by atoms with van der Waals surface area (Å²) in [6.07, 6.45) is 4.25. The van der Waals surface area contributed by atoms with Crippen molar-refractivity contribution >= 4 is 17.5 Å². The number of nitrogens with one attached hydrogen (secondary N) is 1. The van der Waals surface area contributed by atoms with Gasteiger partial charge in [0.2, 0.25) is 0 Å². The van der Waals surface area contributed by atoms with Gasteiger partial charge < -0.3 is 14.6 Å². The molecule has 4 nitrogen and oxygen atoms in total. The Hall–Kier alpha value is -1.78. The van der Waals surface area contributed by atoms with Gasteiger partial charge in [-0.25, -0.2) is 0 Å². The van der Waals surface area contributed by atoms with E-state index < -0.39 is 0 Å². The van der Waals surface area contributed by atoms with E-state index in [9.17, 15) is 4.79 Å². The van der Waals surface area contributed by atoms with E-state index in [1.165, 1.54) is 0 Å². The van der Waals surface area contributed by atoms with Crippen LogP contribution in [-0.4, -0.2) is 29.7 Å². The highest BCUT2D eigenvalue weighted by molar-refractivity contribution is 6.30. The molecule has 0 aliphatic carbocycles. The fraction of sp³-hybridized carbons (Fsp3) is 0.389. The van der Waals surface area contributed by atoms with Crippen molar-refractivity contribution in [2.24, 2.45) is 0 Å². The van der Waals surface area contributed by atoms with Gasteiger partial charge in [-0.05, 0) is 43.5 Å². The van der Waals surface area contributed by atoms with Crippen molar-refractivity contribution in [1.82, 2.24) is 9.88 Å². The molecular formula is C18H21ClN2O2. The first kappa shape index (κ1) is 16.1. The summed E-state index contributed by atoms with van der Waals surface area (Å²) in [7, 11) is 0. The summed E-state index contributed by atoms with van der Waals surface area (Å²) in [5.41, 5.74) is 2.75. The summed E-state index contributed by atoms with van der Waals surface area (Å²) < 4.78 is 7.51. The molecule has 0 bridgehead atoms. The third kappa shape index (κ3) is 3.77. The average molecular weight is 333 g/mol. The van der Waals surface area contributed by atoms with Crippen LogP contribution in [-0.2, 0) is 11.3 Å². The molecule has 1 atom stereocenters. The van der Waals surface area contributed by atoms with Crippen LogP contribution < -0.4 is 5.32 Å². The highest BCUT2D eigenvalue weighted by atomic mass is 35.5. The van der Waals surface area contributed by atoms with Crippen LogP contribution >= 0.6 is 11.6 Å². The topological polar surface area (TPSA) is 43.3 Å². The van der Waals surface area contributed by atoms with Crippen LogP contribution in [0.15, 0.2) is 36.5 Å². The molecule has 0 radical (unpaired) electrons. The van der Waals surface area contributed by atoms with Crippen LogP contribution in [0.5, 0.6) is 0 Å². The molecule has 2 heterocycles. The molecule has 0 saturated carbocycles. The summed E-state index contributed by atoms with van der Waals surface area (Å²) in [6, 6.07) is 9.57. The number of nitrogens with zero attached hydrogens (tertiary/aromatic N) is 1. The fourth-order valence-electron chi connectivity index (χ4n) is 2.87. The number of amides is 1. The largest absolute Gasteiger partial charge is 0.376 e. The molecule has 23 heavy (non-hydrogen) atoms. The van der Waals surface area contributed by atoms with Crippen LogP contribution in [0.25, 0.3) is 11.1 Å². The van der Waals surface area contributed by atoms with Gasteiger partial charge in [-0.3, -0.25) is 4.79 Å². The Morgan fingerprint density at radius 3 is 2.78 bits per heavy atom. The number of benzene rings is 1. The predicted molar refractivity (Wildman–Crippen MR) is 91.9 cm³/mol. The summed E-state index contributed by atoms with van der Waals surface area (Å²) in [4.78, 5) is 12.5. The molecule has 1 unspecified atom stereocenters. The molecule has 1 saturated heterocycles. The number of aromatic nitrogens is 1. The van der Waals surface area contributed by atoms with E-state index >= 15 is 0 Å². The van der Waals surface area contributed by atoms with E-state index in [1.54, 1.807) is 0 Å². The van der Waals surface area contributed by atoms with E-state index in [1.807, 2.05) is 48.0 Å². The number of carbonyl (C=O) groups is 1. The maximum absolute atomic E-state index is 12.5. The Morgan fingerprint density at radius 2 is 2.13 bits per heavy atom. The lowest BCUT2D eigenvalue weighted by Crippen LogP contribution is -2.32. The molecule has 1 aromatic heterocycles. The molecule has 1 amide bonds. The zero-order valence-electron chi connectivity index (χ0n) is 13.2. The molecule has 0 spiro atoms. The van der Waals surface area contributed by atoms with E-state index in [0.29, 0.717) is 17.3 Å². The number of hydrogen-bond donors (Lipinski definition) is 1. The van der Waals surface area contributed by atoms with Gasteiger partial charge in [0, 0.05) is 36.5 Å². The minimum atomic E-state index is -0.0532. The van der Waals surface area contributed by atoms with Gasteiger partial charge in [0.15, 0.2) is 0 Å². The first-order valence-electron chi connectivity index (χ1n) is 8.03. The SMILES string of the molecule is CCn1cc(-c2ccc(Cl)cc2)cc1C(=O)NCC1CCCO1. The first-order chi connectivity index (χ1) is 11.2. The number of ether oxygens (including phenoxy) is 1. The maximum atomic E-state index is 12.5. The van der Waals surface area contributed by atoms with Gasteiger partial charge >= 0.3 is 0 Å². The number of hydrogen-bond acceptors (Lipinski definition) is 2.